The van der Waals surface area contributed by atoms with Crippen LogP contribution < -0.4 is 0 Å². The van der Waals surface area contributed by atoms with E-state index in [2.05, 4.69) is 4.31 Å². The predicted molar refractivity (Wildman–Crippen MR) is 54.3 cm³/mol. The summed E-state index contributed by atoms with van der Waals surface area (Å²) in [6, 6.07) is 0. The van der Waals surface area contributed by atoms with Crippen LogP contribution in [0.4, 0.5) is 0 Å². The van der Waals surface area contributed by atoms with Gasteiger partial charge in [0, 0.05) is 19.7 Å². The van der Waals surface area contributed by atoms with Crippen LogP contribution in [0.15, 0.2) is 0 Å². The Hall–Kier alpha value is 0.220. The molecular weight excluding hydrogens is 260 g/mol. The van der Waals surface area contributed by atoms with Gasteiger partial charge in [-0.1, -0.05) is 0 Å². The number of hydrogen-bond donors (Lipinski definition) is 4. The molecule has 0 aliphatic carbocycles. The Bertz CT molecular complexity index is 321. The van der Waals surface area contributed by atoms with Crippen LogP contribution in [0.5, 0.6) is 0 Å². The molecule has 1 aliphatic rings. The molecule has 1 heterocycles. The average Bonchev–Trinajstić information content (AvgIpc) is 2.14. The first-order valence-corrected chi connectivity index (χ1v) is 7.76. The minimum Gasteiger partial charge on any atom is -0.396 e. The standard InChI is InChI=1S/C6H15NO7P2/c8-5-6-1-3-7(4-2-6)15(9,10)14-16(11,12)13/h6,8H,1-5H2,(H,9,10)(H2,11,12,13). The Morgan fingerprint density at radius 3 is 2.06 bits per heavy atom. The quantitative estimate of drug-likeness (QED) is 0.524. The molecule has 0 aromatic rings. The van der Waals surface area contributed by atoms with E-state index in [4.69, 9.17) is 14.9 Å². The van der Waals surface area contributed by atoms with Gasteiger partial charge in [-0.3, -0.25) is 0 Å². The number of nitrogens with zero attached hydrogens (tertiary/aromatic N) is 1. The molecule has 4 N–H and O–H groups in total. The highest BCUT2D eigenvalue weighted by atomic mass is 31.3. The van der Waals surface area contributed by atoms with Gasteiger partial charge < -0.3 is 19.8 Å². The maximum absolute atomic E-state index is 11.5. The van der Waals surface area contributed by atoms with E-state index in [9.17, 15) is 14.0 Å². The first kappa shape index (κ1) is 14.3. The molecule has 0 bridgehead atoms. The van der Waals surface area contributed by atoms with Gasteiger partial charge in [0.2, 0.25) is 0 Å². The number of hydrogen-bond acceptors (Lipinski definition) is 4. The van der Waals surface area contributed by atoms with Gasteiger partial charge in [0.05, 0.1) is 0 Å². The molecule has 10 heteroatoms. The molecule has 96 valence electrons. The Morgan fingerprint density at radius 1 is 1.19 bits per heavy atom. The third-order valence-electron chi connectivity index (χ3n) is 2.42. The smallest absolute Gasteiger partial charge is 0.396 e. The molecule has 1 rings (SSSR count). The van der Waals surface area contributed by atoms with Crippen LogP contribution in [0.2, 0.25) is 0 Å². The SMILES string of the molecule is O=P(O)(O)OP(=O)(O)N1CCC(CO)CC1. The summed E-state index contributed by atoms with van der Waals surface area (Å²) < 4.78 is 26.8. The minimum atomic E-state index is -4.98. The fraction of sp³-hybridized carbons (Fsp3) is 1.00. The molecule has 0 amide bonds. The lowest BCUT2D eigenvalue weighted by molar-refractivity contribution is 0.149. The van der Waals surface area contributed by atoms with Crippen molar-refractivity contribution in [1.82, 2.24) is 4.67 Å². The lowest BCUT2D eigenvalue weighted by Gasteiger charge is -2.32. The second-order valence-corrected chi connectivity index (χ2v) is 6.82. The lowest BCUT2D eigenvalue weighted by Crippen LogP contribution is -2.32. The Labute approximate surface area is 92.7 Å². The zero-order chi connectivity index (χ0) is 12.4. The van der Waals surface area contributed by atoms with Crippen molar-refractivity contribution in [1.29, 1.82) is 0 Å². The average molecular weight is 275 g/mol. The van der Waals surface area contributed by atoms with Gasteiger partial charge in [-0.2, -0.15) is 4.31 Å². The third-order valence-corrected chi connectivity index (χ3v) is 5.24. The fourth-order valence-corrected chi connectivity index (χ4v) is 3.80. The largest absolute Gasteiger partial charge is 0.477 e. The summed E-state index contributed by atoms with van der Waals surface area (Å²) in [7, 11) is -9.42. The van der Waals surface area contributed by atoms with Gasteiger partial charge in [0.15, 0.2) is 0 Å². The van der Waals surface area contributed by atoms with Crippen molar-refractivity contribution in [2.45, 2.75) is 12.8 Å². The Morgan fingerprint density at radius 2 is 1.69 bits per heavy atom. The van der Waals surface area contributed by atoms with E-state index in [0.29, 0.717) is 12.8 Å². The molecule has 0 radical (unpaired) electrons. The van der Waals surface area contributed by atoms with Crippen molar-refractivity contribution in [3.63, 3.8) is 0 Å². The highest BCUT2D eigenvalue weighted by Crippen LogP contribution is 2.59. The highest BCUT2D eigenvalue weighted by Gasteiger charge is 2.38. The van der Waals surface area contributed by atoms with Gasteiger partial charge in [-0.15, -0.1) is 0 Å². The number of aliphatic hydroxyl groups is 1. The van der Waals surface area contributed by atoms with E-state index in [0.717, 1.165) is 4.67 Å². The predicted octanol–water partition coefficient (Wildman–Crippen LogP) is -0.0996. The summed E-state index contributed by atoms with van der Waals surface area (Å²) in [5.74, 6) is 0.0614. The molecule has 0 saturated carbocycles. The van der Waals surface area contributed by atoms with Crippen LogP contribution >= 0.6 is 15.6 Å². The summed E-state index contributed by atoms with van der Waals surface area (Å²) in [5.41, 5.74) is 0. The van der Waals surface area contributed by atoms with Crippen LogP contribution in [0.3, 0.4) is 0 Å². The van der Waals surface area contributed by atoms with Crippen molar-refractivity contribution >= 4 is 15.6 Å². The summed E-state index contributed by atoms with van der Waals surface area (Å²) in [4.78, 5) is 26.3. The Kier molecular flexibility index (Phi) is 4.68. The van der Waals surface area contributed by atoms with E-state index in [1.165, 1.54) is 0 Å². The molecule has 1 saturated heterocycles. The zero-order valence-electron chi connectivity index (χ0n) is 8.47. The van der Waals surface area contributed by atoms with Gasteiger partial charge in [0.1, 0.15) is 0 Å². The molecule has 0 aromatic heterocycles. The van der Waals surface area contributed by atoms with Crippen LogP contribution in [0.25, 0.3) is 0 Å². The topological polar surface area (TPSA) is 128 Å². The second-order valence-electron chi connectivity index (χ2n) is 3.64. The van der Waals surface area contributed by atoms with E-state index in [-0.39, 0.29) is 25.6 Å². The molecule has 1 atom stereocenters. The second kappa shape index (κ2) is 5.25. The number of piperidine rings is 1. The van der Waals surface area contributed by atoms with Crippen LogP contribution in [0.1, 0.15) is 12.8 Å². The van der Waals surface area contributed by atoms with Crippen molar-refractivity contribution in [3.8, 4) is 0 Å². The number of aliphatic hydroxyl groups excluding tert-OH is 1. The fourth-order valence-electron chi connectivity index (χ4n) is 1.54. The van der Waals surface area contributed by atoms with E-state index >= 15 is 0 Å². The molecule has 1 fully saturated rings. The van der Waals surface area contributed by atoms with E-state index < -0.39 is 15.6 Å². The van der Waals surface area contributed by atoms with Crippen LogP contribution in [-0.4, -0.2) is 44.2 Å². The van der Waals surface area contributed by atoms with Crippen LogP contribution in [0, 0.1) is 5.92 Å². The summed E-state index contributed by atoms with van der Waals surface area (Å²) in [6.07, 6.45) is 0.983. The van der Waals surface area contributed by atoms with Crippen molar-refractivity contribution in [2.24, 2.45) is 5.92 Å². The summed E-state index contributed by atoms with van der Waals surface area (Å²) in [5, 5.41) is 8.86. The normalized spacial score (nSPS) is 24.2. The number of rotatable bonds is 4. The zero-order valence-corrected chi connectivity index (χ0v) is 10.3. The molecule has 16 heavy (non-hydrogen) atoms. The first-order valence-electron chi connectivity index (χ1n) is 4.70. The highest BCUT2D eigenvalue weighted by molar-refractivity contribution is 7.62. The maximum atomic E-state index is 11.5. The molecule has 0 spiro atoms. The number of phosphoric acid groups is 1. The van der Waals surface area contributed by atoms with Gasteiger partial charge >= 0.3 is 15.6 Å². The molecule has 1 aliphatic heterocycles. The third kappa shape index (κ3) is 4.24. The molecular formula is C6H15NO7P2. The maximum Gasteiger partial charge on any atom is 0.477 e. The molecule has 0 aromatic carbocycles. The first-order chi connectivity index (χ1) is 7.24. The van der Waals surface area contributed by atoms with E-state index in [1.54, 1.807) is 0 Å². The summed E-state index contributed by atoms with van der Waals surface area (Å²) in [6.45, 7) is 0.334. The molecule has 8 nitrogen and oxygen atoms in total. The van der Waals surface area contributed by atoms with Gasteiger partial charge in [0.25, 0.3) is 0 Å². The Balaban J connectivity index is 2.58. The van der Waals surface area contributed by atoms with E-state index in [1.807, 2.05) is 0 Å². The van der Waals surface area contributed by atoms with Crippen molar-refractivity contribution < 1.29 is 33.2 Å². The van der Waals surface area contributed by atoms with Crippen molar-refractivity contribution in [2.75, 3.05) is 19.7 Å². The van der Waals surface area contributed by atoms with Gasteiger partial charge in [-0.05, 0) is 18.8 Å². The minimum absolute atomic E-state index is 0.00290. The lowest BCUT2D eigenvalue weighted by atomic mass is 10.00. The van der Waals surface area contributed by atoms with Crippen molar-refractivity contribution in [3.05, 3.63) is 0 Å². The monoisotopic (exact) mass is 275 g/mol. The van der Waals surface area contributed by atoms with Crippen LogP contribution in [-0.2, 0) is 13.4 Å². The molecule has 1 unspecified atom stereocenters. The van der Waals surface area contributed by atoms with Gasteiger partial charge in [-0.25, -0.2) is 13.8 Å². The summed E-state index contributed by atoms with van der Waals surface area (Å²) >= 11 is 0.